The van der Waals surface area contributed by atoms with Crippen LogP contribution in [0.5, 0.6) is 5.75 Å². The maximum absolute atomic E-state index is 13.5. The monoisotopic (exact) mass is 420 g/mol. The van der Waals surface area contributed by atoms with E-state index in [1.165, 1.54) is 12.1 Å². The smallest absolute Gasteiger partial charge is 0.225 e. The van der Waals surface area contributed by atoms with Crippen LogP contribution in [0.25, 0.3) is 11.1 Å². The average Bonchev–Trinajstić information content (AvgIpc) is 2.83. The van der Waals surface area contributed by atoms with E-state index >= 15 is 0 Å². The fourth-order valence-corrected chi connectivity index (χ4v) is 3.75. The van der Waals surface area contributed by atoms with Crippen LogP contribution in [0, 0.1) is 11.7 Å². The number of rotatable bonds is 6. The van der Waals surface area contributed by atoms with Gasteiger partial charge in [-0.3, -0.25) is 4.79 Å². The minimum Gasteiger partial charge on any atom is -0.497 e. The highest BCUT2D eigenvalue weighted by molar-refractivity contribution is 5.79. The quantitative estimate of drug-likeness (QED) is 0.657. The number of carbonyl (C=O) groups excluding carboxylic acids is 1. The van der Waals surface area contributed by atoms with Crippen molar-refractivity contribution in [2.75, 3.05) is 25.1 Å². The van der Waals surface area contributed by atoms with Crippen molar-refractivity contribution in [1.29, 1.82) is 0 Å². The number of ether oxygens (including phenoxy) is 1. The SMILES string of the molecule is COc1ccc(CNC(=O)[C@@H]2CCCN(c3ncc(-c4cccc(F)c4)cn3)C2)cc1. The van der Waals surface area contributed by atoms with E-state index in [2.05, 4.69) is 15.3 Å². The van der Waals surface area contributed by atoms with Crippen LogP contribution in [0.2, 0.25) is 0 Å². The van der Waals surface area contributed by atoms with E-state index in [0.717, 1.165) is 41.8 Å². The number of hydrogen-bond acceptors (Lipinski definition) is 5. The molecule has 31 heavy (non-hydrogen) atoms. The first-order valence-electron chi connectivity index (χ1n) is 10.4. The summed E-state index contributed by atoms with van der Waals surface area (Å²) in [5, 5.41) is 3.03. The zero-order valence-electron chi connectivity index (χ0n) is 17.4. The molecule has 6 nitrogen and oxygen atoms in total. The highest BCUT2D eigenvalue weighted by Crippen LogP contribution is 2.23. The summed E-state index contributed by atoms with van der Waals surface area (Å²) in [6.07, 6.45) is 5.14. The normalized spacial score (nSPS) is 16.1. The van der Waals surface area contributed by atoms with E-state index in [9.17, 15) is 9.18 Å². The molecule has 1 amide bonds. The number of piperidine rings is 1. The van der Waals surface area contributed by atoms with Crippen LogP contribution in [0.1, 0.15) is 18.4 Å². The van der Waals surface area contributed by atoms with E-state index in [0.29, 0.717) is 19.0 Å². The molecule has 1 N–H and O–H groups in total. The Morgan fingerprint density at radius 2 is 1.94 bits per heavy atom. The fraction of sp³-hybridized carbons (Fsp3) is 0.292. The third kappa shape index (κ3) is 5.17. The van der Waals surface area contributed by atoms with E-state index in [1.54, 1.807) is 25.6 Å². The highest BCUT2D eigenvalue weighted by atomic mass is 19.1. The molecular weight excluding hydrogens is 395 g/mol. The van der Waals surface area contributed by atoms with E-state index in [-0.39, 0.29) is 17.6 Å². The first-order valence-corrected chi connectivity index (χ1v) is 10.4. The Kier molecular flexibility index (Phi) is 6.40. The minimum absolute atomic E-state index is 0.0388. The molecule has 1 aliphatic rings. The second-order valence-electron chi connectivity index (χ2n) is 7.63. The predicted molar refractivity (Wildman–Crippen MR) is 117 cm³/mol. The van der Waals surface area contributed by atoms with Gasteiger partial charge in [0.1, 0.15) is 11.6 Å². The molecule has 1 atom stereocenters. The zero-order chi connectivity index (χ0) is 21.6. The van der Waals surface area contributed by atoms with Crippen LogP contribution in [-0.2, 0) is 11.3 Å². The lowest BCUT2D eigenvalue weighted by Crippen LogP contribution is -2.43. The Labute approximate surface area is 181 Å². The second kappa shape index (κ2) is 9.55. The van der Waals surface area contributed by atoms with Crippen molar-refractivity contribution in [3.8, 4) is 16.9 Å². The lowest BCUT2D eigenvalue weighted by Gasteiger charge is -2.32. The number of nitrogens with one attached hydrogen (secondary N) is 1. The molecule has 4 rings (SSSR count). The van der Waals surface area contributed by atoms with Gasteiger partial charge >= 0.3 is 0 Å². The predicted octanol–water partition coefficient (Wildman–Crippen LogP) is 3.82. The molecule has 7 heteroatoms. The lowest BCUT2D eigenvalue weighted by molar-refractivity contribution is -0.125. The molecular formula is C24H25FN4O2. The number of nitrogens with zero attached hydrogens (tertiary/aromatic N) is 3. The maximum atomic E-state index is 13.5. The van der Waals surface area contributed by atoms with Gasteiger partial charge in [0.2, 0.25) is 11.9 Å². The van der Waals surface area contributed by atoms with Gasteiger partial charge in [-0.25, -0.2) is 14.4 Å². The molecule has 0 aliphatic carbocycles. The lowest BCUT2D eigenvalue weighted by atomic mass is 9.97. The Hall–Kier alpha value is -3.48. The first-order chi connectivity index (χ1) is 15.1. The molecule has 1 fully saturated rings. The first kappa shape index (κ1) is 20.8. The number of anilines is 1. The van der Waals surface area contributed by atoms with Crippen molar-refractivity contribution in [2.45, 2.75) is 19.4 Å². The summed E-state index contributed by atoms with van der Waals surface area (Å²) in [5.41, 5.74) is 2.52. The van der Waals surface area contributed by atoms with Gasteiger partial charge in [0.05, 0.1) is 13.0 Å². The molecule has 0 unspecified atom stereocenters. The zero-order valence-corrected chi connectivity index (χ0v) is 17.4. The Bertz CT molecular complexity index is 1020. The van der Waals surface area contributed by atoms with Gasteiger partial charge in [-0.15, -0.1) is 0 Å². The van der Waals surface area contributed by atoms with Gasteiger partial charge in [-0.1, -0.05) is 24.3 Å². The summed E-state index contributed by atoms with van der Waals surface area (Å²) in [6, 6.07) is 14.0. The van der Waals surface area contributed by atoms with Gasteiger partial charge in [0, 0.05) is 37.6 Å². The van der Waals surface area contributed by atoms with Crippen molar-refractivity contribution in [3.05, 3.63) is 72.3 Å². The Morgan fingerprint density at radius 1 is 1.16 bits per heavy atom. The largest absolute Gasteiger partial charge is 0.497 e. The van der Waals surface area contributed by atoms with Gasteiger partial charge in [-0.2, -0.15) is 0 Å². The van der Waals surface area contributed by atoms with E-state index in [4.69, 9.17) is 4.74 Å². The number of benzene rings is 2. The molecule has 1 aliphatic heterocycles. The van der Waals surface area contributed by atoms with Gasteiger partial charge in [-0.05, 0) is 48.2 Å². The van der Waals surface area contributed by atoms with Crippen LogP contribution < -0.4 is 15.0 Å². The van der Waals surface area contributed by atoms with Gasteiger partial charge in [0.15, 0.2) is 0 Å². The number of amides is 1. The average molecular weight is 420 g/mol. The van der Waals surface area contributed by atoms with E-state index < -0.39 is 0 Å². The summed E-state index contributed by atoms with van der Waals surface area (Å²) in [5.74, 6) is 1.02. The summed E-state index contributed by atoms with van der Waals surface area (Å²) < 4.78 is 18.6. The number of hydrogen-bond donors (Lipinski definition) is 1. The number of aromatic nitrogens is 2. The molecule has 0 bridgehead atoms. The van der Waals surface area contributed by atoms with Crippen molar-refractivity contribution >= 4 is 11.9 Å². The third-order valence-corrected chi connectivity index (χ3v) is 5.50. The van der Waals surface area contributed by atoms with Crippen molar-refractivity contribution in [2.24, 2.45) is 5.92 Å². The molecule has 0 spiro atoms. The number of carbonyl (C=O) groups is 1. The molecule has 0 radical (unpaired) electrons. The summed E-state index contributed by atoms with van der Waals surface area (Å²) in [7, 11) is 1.63. The maximum Gasteiger partial charge on any atom is 0.225 e. The minimum atomic E-state index is -0.291. The molecule has 160 valence electrons. The van der Waals surface area contributed by atoms with Crippen molar-refractivity contribution < 1.29 is 13.9 Å². The molecule has 2 heterocycles. The Morgan fingerprint density at radius 3 is 2.65 bits per heavy atom. The second-order valence-corrected chi connectivity index (χ2v) is 7.63. The third-order valence-electron chi connectivity index (χ3n) is 5.50. The van der Waals surface area contributed by atoms with Crippen molar-refractivity contribution in [3.63, 3.8) is 0 Å². The fourth-order valence-electron chi connectivity index (χ4n) is 3.75. The molecule has 3 aromatic rings. The van der Waals surface area contributed by atoms with Crippen LogP contribution in [0.3, 0.4) is 0 Å². The molecule has 1 aromatic heterocycles. The summed E-state index contributed by atoms with van der Waals surface area (Å²) in [6.45, 7) is 1.87. The standard InChI is InChI=1S/C24H25FN4O2/c1-31-22-9-7-17(8-10-22)13-26-23(30)19-5-3-11-29(16-19)24-27-14-20(15-28-24)18-4-2-6-21(25)12-18/h2,4,6-10,12,14-15,19H,3,5,11,13,16H2,1H3,(H,26,30)/t19-/m1/s1. The molecule has 2 aromatic carbocycles. The van der Waals surface area contributed by atoms with Crippen LogP contribution in [0.15, 0.2) is 60.9 Å². The Balaban J connectivity index is 1.35. The molecule has 1 saturated heterocycles. The van der Waals surface area contributed by atoms with Crippen LogP contribution >= 0.6 is 0 Å². The van der Waals surface area contributed by atoms with Crippen LogP contribution in [-0.4, -0.2) is 36.1 Å². The van der Waals surface area contributed by atoms with Gasteiger partial charge < -0.3 is 15.0 Å². The summed E-state index contributed by atoms with van der Waals surface area (Å²) >= 11 is 0. The van der Waals surface area contributed by atoms with E-state index in [1.807, 2.05) is 35.2 Å². The van der Waals surface area contributed by atoms with Crippen LogP contribution in [0.4, 0.5) is 10.3 Å². The highest BCUT2D eigenvalue weighted by Gasteiger charge is 2.27. The molecule has 0 saturated carbocycles. The van der Waals surface area contributed by atoms with Crippen molar-refractivity contribution in [1.82, 2.24) is 15.3 Å². The topological polar surface area (TPSA) is 67.3 Å². The summed E-state index contributed by atoms with van der Waals surface area (Å²) in [4.78, 5) is 23.7. The number of halogens is 1. The number of methoxy groups -OCH3 is 1. The van der Waals surface area contributed by atoms with Gasteiger partial charge in [0.25, 0.3) is 0 Å².